The molecule has 0 radical (unpaired) electrons. The van der Waals surface area contributed by atoms with Gasteiger partial charge < -0.3 is 14.8 Å². The fourth-order valence-corrected chi connectivity index (χ4v) is 2.42. The third-order valence-electron chi connectivity index (χ3n) is 4.00. The van der Waals surface area contributed by atoms with Crippen molar-refractivity contribution in [2.24, 2.45) is 5.10 Å². The van der Waals surface area contributed by atoms with Crippen LogP contribution in [0.1, 0.15) is 42.1 Å². The van der Waals surface area contributed by atoms with E-state index in [1.54, 1.807) is 56.7 Å². The number of hydrazone groups is 1. The molecule has 0 fully saturated rings. The van der Waals surface area contributed by atoms with E-state index >= 15 is 0 Å². The van der Waals surface area contributed by atoms with Gasteiger partial charge in [0.1, 0.15) is 11.5 Å². The molecule has 0 atom stereocenters. The Labute approximate surface area is 164 Å². The summed E-state index contributed by atoms with van der Waals surface area (Å²) in [4.78, 5) is 23.9. The van der Waals surface area contributed by atoms with Crippen molar-refractivity contribution in [1.82, 2.24) is 5.43 Å². The Morgan fingerprint density at radius 2 is 1.82 bits per heavy atom. The lowest BCUT2D eigenvalue weighted by atomic mass is 10.2. The van der Waals surface area contributed by atoms with Gasteiger partial charge in [0.05, 0.1) is 20.4 Å². The lowest BCUT2D eigenvalue weighted by molar-refractivity contribution is -0.116. The summed E-state index contributed by atoms with van der Waals surface area (Å²) < 4.78 is 10.4. The van der Waals surface area contributed by atoms with Crippen LogP contribution < -0.4 is 20.2 Å². The molecule has 2 N–H and O–H groups in total. The Morgan fingerprint density at radius 3 is 2.46 bits per heavy atom. The Morgan fingerprint density at radius 1 is 1.07 bits per heavy atom. The highest BCUT2D eigenvalue weighted by Crippen LogP contribution is 2.23. The molecule has 2 rings (SSSR count). The van der Waals surface area contributed by atoms with Gasteiger partial charge in [0.15, 0.2) is 0 Å². The normalized spacial score (nSPS) is 10.5. The standard InChI is InChI=1S/C21H25N3O4/c1-4-5-6-20(25)23-17-10-7-15(8-11-17)21(26)24-22-14-16-9-12-18(27-2)13-19(16)28-3/h7-14H,4-6H2,1-3H3,(H,23,25)(H,24,26). The number of hydrogen-bond acceptors (Lipinski definition) is 5. The van der Waals surface area contributed by atoms with Crippen LogP contribution in [0.5, 0.6) is 11.5 Å². The van der Waals surface area contributed by atoms with Gasteiger partial charge in [0, 0.05) is 29.3 Å². The van der Waals surface area contributed by atoms with E-state index < -0.39 is 0 Å². The lowest BCUT2D eigenvalue weighted by Gasteiger charge is -2.07. The van der Waals surface area contributed by atoms with Crippen molar-refractivity contribution >= 4 is 23.7 Å². The van der Waals surface area contributed by atoms with Gasteiger partial charge in [-0.15, -0.1) is 0 Å². The van der Waals surface area contributed by atoms with Gasteiger partial charge in [0.2, 0.25) is 5.91 Å². The number of hydrogen-bond donors (Lipinski definition) is 2. The molecule has 2 amide bonds. The highest BCUT2D eigenvalue weighted by molar-refractivity contribution is 5.96. The topological polar surface area (TPSA) is 89.0 Å². The average molecular weight is 383 g/mol. The highest BCUT2D eigenvalue weighted by Gasteiger charge is 2.07. The van der Waals surface area contributed by atoms with Crippen molar-refractivity contribution in [3.8, 4) is 11.5 Å². The van der Waals surface area contributed by atoms with Crippen LogP contribution in [0.3, 0.4) is 0 Å². The zero-order valence-electron chi connectivity index (χ0n) is 16.3. The van der Waals surface area contributed by atoms with Crippen molar-refractivity contribution in [2.45, 2.75) is 26.2 Å². The number of nitrogens with one attached hydrogen (secondary N) is 2. The number of carbonyl (C=O) groups excluding carboxylic acids is 2. The molecule has 0 aliphatic carbocycles. The van der Waals surface area contributed by atoms with Gasteiger partial charge in [-0.3, -0.25) is 9.59 Å². The number of benzene rings is 2. The molecule has 7 nitrogen and oxygen atoms in total. The maximum Gasteiger partial charge on any atom is 0.271 e. The lowest BCUT2D eigenvalue weighted by Crippen LogP contribution is -2.18. The summed E-state index contributed by atoms with van der Waals surface area (Å²) in [6.07, 6.45) is 3.81. The van der Waals surface area contributed by atoms with Crippen LogP contribution >= 0.6 is 0 Å². The first-order chi connectivity index (χ1) is 13.6. The molecule has 0 aromatic heterocycles. The van der Waals surface area contributed by atoms with Crippen molar-refractivity contribution in [3.63, 3.8) is 0 Å². The van der Waals surface area contributed by atoms with Crippen LogP contribution in [0.4, 0.5) is 5.69 Å². The number of methoxy groups -OCH3 is 2. The van der Waals surface area contributed by atoms with Crippen molar-refractivity contribution < 1.29 is 19.1 Å². The third kappa shape index (κ3) is 6.12. The zero-order valence-corrected chi connectivity index (χ0v) is 16.3. The van der Waals surface area contributed by atoms with E-state index in [1.807, 2.05) is 6.92 Å². The van der Waals surface area contributed by atoms with E-state index in [2.05, 4.69) is 15.8 Å². The van der Waals surface area contributed by atoms with Gasteiger partial charge in [0.25, 0.3) is 5.91 Å². The van der Waals surface area contributed by atoms with E-state index in [-0.39, 0.29) is 11.8 Å². The molecule has 2 aromatic rings. The van der Waals surface area contributed by atoms with Crippen LogP contribution in [0, 0.1) is 0 Å². The van der Waals surface area contributed by atoms with Crippen LogP contribution in [0.2, 0.25) is 0 Å². The molecule has 0 aliphatic heterocycles. The summed E-state index contributed by atoms with van der Waals surface area (Å²) in [7, 11) is 3.12. The fourth-order valence-electron chi connectivity index (χ4n) is 2.42. The molecule has 28 heavy (non-hydrogen) atoms. The SMILES string of the molecule is CCCCC(=O)Nc1ccc(C(=O)NN=Cc2ccc(OC)cc2OC)cc1. The van der Waals surface area contributed by atoms with E-state index in [9.17, 15) is 9.59 Å². The second kappa shape index (κ2) is 10.7. The highest BCUT2D eigenvalue weighted by atomic mass is 16.5. The molecular weight excluding hydrogens is 358 g/mol. The predicted octanol–water partition coefficient (Wildman–Crippen LogP) is 3.60. The Balaban J connectivity index is 1.94. The minimum absolute atomic E-state index is 0.0305. The van der Waals surface area contributed by atoms with Crippen LogP contribution in [0.25, 0.3) is 0 Å². The summed E-state index contributed by atoms with van der Waals surface area (Å²) in [5.74, 6) is 0.866. The summed E-state index contributed by atoms with van der Waals surface area (Å²) in [5.41, 5.74) is 4.27. The first-order valence-electron chi connectivity index (χ1n) is 9.02. The summed E-state index contributed by atoms with van der Waals surface area (Å²) in [6, 6.07) is 11.9. The summed E-state index contributed by atoms with van der Waals surface area (Å²) >= 11 is 0. The number of rotatable bonds is 9. The Kier molecular flexibility index (Phi) is 8.02. The molecule has 0 saturated carbocycles. The third-order valence-corrected chi connectivity index (χ3v) is 4.00. The van der Waals surface area contributed by atoms with Crippen molar-refractivity contribution in [2.75, 3.05) is 19.5 Å². The van der Waals surface area contributed by atoms with E-state index in [4.69, 9.17) is 9.47 Å². The number of unbranched alkanes of at least 4 members (excludes halogenated alkanes) is 1. The molecule has 0 aliphatic rings. The summed E-state index contributed by atoms with van der Waals surface area (Å²) in [6.45, 7) is 2.04. The first-order valence-corrected chi connectivity index (χ1v) is 9.02. The minimum atomic E-state index is -0.354. The van der Waals surface area contributed by atoms with E-state index in [0.29, 0.717) is 34.7 Å². The molecule has 7 heteroatoms. The van der Waals surface area contributed by atoms with Crippen LogP contribution in [0.15, 0.2) is 47.6 Å². The van der Waals surface area contributed by atoms with Gasteiger partial charge in [-0.25, -0.2) is 5.43 Å². The Bertz CT molecular complexity index is 832. The molecule has 0 heterocycles. The number of nitrogens with zero attached hydrogens (tertiary/aromatic N) is 1. The smallest absolute Gasteiger partial charge is 0.271 e. The van der Waals surface area contributed by atoms with Crippen LogP contribution in [-0.2, 0) is 4.79 Å². The minimum Gasteiger partial charge on any atom is -0.497 e. The van der Waals surface area contributed by atoms with E-state index in [0.717, 1.165) is 12.8 Å². The zero-order chi connectivity index (χ0) is 20.4. The number of carbonyl (C=O) groups is 2. The Hall–Kier alpha value is -3.35. The molecule has 2 aromatic carbocycles. The second-order valence-corrected chi connectivity index (χ2v) is 6.04. The number of amides is 2. The number of anilines is 1. The second-order valence-electron chi connectivity index (χ2n) is 6.04. The predicted molar refractivity (Wildman–Crippen MR) is 109 cm³/mol. The van der Waals surface area contributed by atoms with Gasteiger partial charge >= 0.3 is 0 Å². The van der Waals surface area contributed by atoms with Gasteiger partial charge in [-0.05, 0) is 42.8 Å². The quantitative estimate of drug-likeness (QED) is 0.511. The fraction of sp³-hybridized carbons (Fsp3) is 0.286. The van der Waals surface area contributed by atoms with E-state index in [1.165, 1.54) is 6.21 Å². The van der Waals surface area contributed by atoms with Crippen LogP contribution in [-0.4, -0.2) is 32.2 Å². The molecule has 148 valence electrons. The van der Waals surface area contributed by atoms with Crippen molar-refractivity contribution in [1.29, 1.82) is 0 Å². The maximum absolute atomic E-state index is 12.2. The molecule has 0 bridgehead atoms. The van der Waals surface area contributed by atoms with Gasteiger partial charge in [-0.2, -0.15) is 5.10 Å². The maximum atomic E-state index is 12.2. The molecule has 0 saturated heterocycles. The molecular formula is C21H25N3O4. The summed E-state index contributed by atoms with van der Waals surface area (Å²) in [5, 5.41) is 6.78. The largest absolute Gasteiger partial charge is 0.497 e. The average Bonchev–Trinajstić information content (AvgIpc) is 2.72. The molecule has 0 unspecified atom stereocenters. The monoisotopic (exact) mass is 383 g/mol. The number of ether oxygens (including phenoxy) is 2. The van der Waals surface area contributed by atoms with Crippen molar-refractivity contribution in [3.05, 3.63) is 53.6 Å². The van der Waals surface area contributed by atoms with Gasteiger partial charge in [-0.1, -0.05) is 13.3 Å². The molecule has 0 spiro atoms. The first kappa shape index (κ1) is 21.0.